The highest BCUT2D eigenvalue weighted by Crippen LogP contribution is 2.34. The summed E-state index contributed by atoms with van der Waals surface area (Å²) in [7, 11) is 0. The molecule has 32 heavy (non-hydrogen) atoms. The maximum Gasteiger partial charge on any atom is 0.119 e. The van der Waals surface area contributed by atoms with E-state index in [0.29, 0.717) is 0 Å². The van der Waals surface area contributed by atoms with Crippen molar-refractivity contribution in [1.82, 2.24) is 0 Å². The molecule has 2 aromatic rings. The zero-order valence-corrected chi connectivity index (χ0v) is 20.6. The molecule has 174 valence electrons. The lowest BCUT2D eigenvalue weighted by molar-refractivity contribution is 0.306. The van der Waals surface area contributed by atoms with Crippen molar-refractivity contribution in [2.24, 2.45) is 5.92 Å². The average molecular weight is 433 g/mol. The second kappa shape index (κ2) is 14.2. The summed E-state index contributed by atoms with van der Waals surface area (Å²) in [6.45, 7) is 5.33. The molecule has 0 saturated carbocycles. The molecule has 1 aliphatic carbocycles. The van der Waals surface area contributed by atoms with Crippen molar-refractivity contribution in [3.05, 3.63) is 60.2 Å². The Bertz CT molecular complexity index is 784. The van der Waals surface area contributed by atoms with Crippen molar-refractivity contribution < 1.29 is 4.74 Å². The molecular formula is C31H44O. The van der Waals surface area contributed by atoms with E-state index in [1.54, 1.807) is 5.57 Å². The summed E-state index contributed by atoms with van der Waals surface area (Å²) in [5.74, 6) is 1.89. The van der Waals surface area contributed by atoms with Crippen LogP contribution < -0.4 is 4.74 Å². The molecule has 1 unspecified atom stereocenters. The van der Waals surface area contributed by atoms with Crippen molar-refractivity contribution in [3.63, 3.8) is 0 Å². The Hall–Kier alpha value is -2.02. The zero-order chi connectivity index (χ0) is 22.4. The van der Waals surface area contributed by atoms with Crippen molar-refractivity contribution in [1.29, 1.82) is 0 Å². The Kier molecular flexibility index (Phi) is 10.9. The topological polar surface area (TPSA) is 9.23 Å². The standard InChI is InChI=1S/C31H44O/c1-3-5-7-8-9-10-12-26-13-15-27(16-14-26)28-17-19-29(20-18-28)30-21-23-31(24-22-30)32-25-11-6-4-2/h15,17-24,26H,3-14,16,25H2,1-2H3. The van der Waals surface area contributed by atoms with E-state index < -0.39 is 0 Å². The predicted molar refractivity (Wildman–Crippen MR) is 140 cm³/mol. The van der Waals surface area contributed by atoms with Crippen LogP contribution in [-0.2, 0) is 0 Å². The first-order valence-electron chi connectivity index (χ1n) is 13.3. The maximum atomic E-state index is 5.84. The van der Waals surface area contributed by atoms with Crippen LogP contribution in [0.4, 0.5) is 0 Å². The summed E-state index contributed by atoms with van der Waals surface area (Å²) in [5, 5.41) is 0. The number of rotatable bonds is 14. The summed E-state index contributed by atoms with van der Waals surface area (Å²) in [6, 6.07) is 17.7. The molecule has 0 amide bonds. The minimum atomic E-state index is 0.816. The van der Waals surface area contributed by atoms with Gasteiger partial charge in [-0.1, -0.05) is 114 Å². The van der Waals surface area contributed by atoms with Crippen LogP contribution in [0.3, 0.4) is 0 Å². The number of ether oxygens (including phenoxy) is 1. The second-order valence-corrected chi connectivity index (χ2v) is 9.58. The van der Waals surface area contributed by atoms with Gasteiger partial charge in [-0.3, -0.25) is 0 Å². The molecule has 0 bridgehead atoms. The molecule has 0 aromatic heterocycles. The Morgan fingerprint density at radius 2 is 1.28 bits per heavy atom. The molecule has 1 heteroatoms. The van der Waals surface area contributed by atoms with Gasteiger partial charge in [-0.25, -0.2) is 0 Å². The fourth-order valence-corrected chi connectivity index (χ4v) is 4.79. The lowest BCUT2D eigenvalue weighted by Gasteiger charge is -2.22. The van der Waals surface area contributed by atoms with E-state index in [2.05, 4.69) is 68.5 Å². The van der Waals surface area contributed by atoms with Crippen LogP contribution in [0.25, 0.3) is 16.7 Å². The van der Waals surface area contributed by atoms with Crippen molar-refractivity contribution in [2.75, 3.05) is 6.61 Å². The highest BCUT2D eigenvalue weighted by Gasteiger charge is 2.15. The molecule has 0 N–H and O–H groups in total. The molecule has 1 nitrogen and oxygen atoms in total. The summed E-state index contributed by atoms with van der Waals surface area (Å²) in [4.78, 5) is 0. The van der Waals surface area contributed by atoms with Gasteiger partial charge >= 0.3 is 0 Å². The van der Waals surface area contributed by atoms with Gasteiger partial charge in [0.2, 0.25) is 0 Å². The molecule has 0 radical (unpaired) electrons. The van der Waals surface area contributed by atoms with Gasteiger partial charge in [0.25, 0.3) is 0 Å². The molecule has 0 fully saturated rings. The summed E-state index contributed by atoms with van der Waals surface area (Å²) < 4.78 is 5.84. The first-order valence-corrected chi connectivity index (χ1v) is 13.3. The first-order chi connectivity index (χ1) is 15.8. The van der Waals surface area contributed by atoms with Gasteiger partial charge < -0.3 is 4.74 Å². The normalized spacial score (nSPS) is 16.1. The number of benzene rings is 2. The second-order valence-electron chi connectivity index (χ2n) is 9.58. The van der Waals surface area contributed by atoms with Gasteiger partial charge in [-0.05, 0) is 66.0 Å². The van der Waals surface area contributed by atoms with Crippen LogP contribution in [0, 0.1) is 5.92 Å². The van der Waals surface area contributed by atoms with Crippen molar-refractivity contribution in [3.8, 4) is 16.9 Å². The quantitative estimate of drug-likeness (QED) is 0.270. The van der Waals surface area contributed by atoms with Gasteiger partial charge in [0.1, 0.15) is 5.75 Å². The van der Waals surface area contributed by atoms with Gasteiger partial charge in [0, 0.05) is 0 Å². The van der Waals surface area contributed by atoms with Crippen molar-refractivity contribution >= 4 is 5.57 Å². The minimum Gasteiger partial charge on any atom is -0.494 e. The molecule has 0 heterocycles. The number of unbranched alkanes of at least 4 members (excludes halogenated alkanes) is 7. The van der Waals surface area contributed by atoms with Crippen molar-refractivity contribution in [2.45, 2.75) is 97.3 Å². The zero-order valence-electron chi connectivity index (χ0n) is 20.6. The summed E-state index contributed by atoms with van der Waals surface area (Å²) in [5.41, 5.74) is 5.49. The van der Waals surface area contributed by atoms with Crippen LogP contribution in [0.5, 0.6) is 5.75 Å². The maximum absolute atomic E-state index is 5.84. The summed E-state index contributed by atoms with van der Waals surface area (Å²) in [6.07, 6.45) is 19.9. The number of hydrogen-bond donors (Lipinski definition) is 0. The predicted octanol–water partition coefficient (Wildman–Crippen LogP) is 9.86. The average Bonchev–Trinajstić information content (AvgIpc) is 2.85. The third kappa shape index (κ3) is 8.15. The Morgan fingerprint density at radius 1 is 0.688 bits per heavy atom. The SMILES string of the molecule is CCCCCCCCC1CC=C(c2ccc(-c3ccc(OCCCCC)cc3)cc2)CC1. The third-order valence-electron chi connectivity index (χ3n) is 6.95. The van der Waals surface area contributed by atoms with Crippen LogP contribution in [0.15, 0.2) is 54.6 Å². The fourth-order valence-electron chi connectivity index (χ4n) is 4.79. The van der Waals surface area contributed by atoms with Crippen LogP contribution in [0.1, 0.15) is 103 Å². The van der Waals surface area contributed by atoms with Gasteiger partial charge in [-0.15, -0.1) is 0 Å². The molecule has 0 aliphatic heterocycles. The Balaban J connectivity index is 1.45. The molecular weight excluding hydrogens is 388 g/mol. The molecule has 2 aromatic carbocycles. The van der Waals surface area contributed by atoms with E-state index in [1.165, 1.54) is 93.7 Å². The van der Waals surface area contributed by atoms with Crippen LogP contribution in [-0.4, -0.2) is 6.61 Å². The van der Waals surface area contributed by atoms with E-state index >= 15 is 0 Å². The Morgan fingerprint density at radius 3 is 1.94 bits per heavy atom. The Labute approximate surface area is 197 Å². The van der Waals surface area contributed by atoms with Gasteiger partial charge in [-0.2, -0.15) is 0 Å². The minimum absolute atomic E-state index is 0.816. The fraction of sp³-hybridized carbons (Fsp3) is 0.548. The van der Waals surface area contributed by atoms with E-state index in [1.807, 2.05) is 0 Å². The monoisotopic (exact) mass is 432 g/mol. The number of hydrogen-bond acceptors (Lipinski definition) is 1. The van der Waals surface area contributed by atoms with Gasteiger partial charge in [0.15, 0.2) is 0 Å². The lowest BCUT2D eigenvalue weighted by atomic mass is 9.83. The van der Waals surface area contributed by atoms with E-state index in [-0.39, 0.29) is 0 Å². The van der Waals surface area contributed by atoms with E-state index in [4.69, 9.17) is 4.74 Å². The molecule has 1 aliphatic rings. The third-order valence-corrected chi connectivity index (χ3v) is 6.95. The van der Waals surface area contributed by atoms with E-state index in [0.717, 1.165) is 24.7 Å². The summed E-state index contributed by atoms with van der Waals surface area (Å²) >= 11 is 0. The van der Waals surface area contributed by atoms with E-state index in [9.17, 15) is 0 Å². The van der Waals surface area contributed by atoms with Gasteiger partial charge in [0.05, 0.1) is 6.61 Å². The molecule has 3 rings (SSSR count). The molecule has 1 atom stereocenters. The molecule has 0 saturated heterocycles. The highest BCUT2D eigenvalue weighted by molar-refractivity contribution is 5.71. The van der Waals surface area contributed by atoms with Crippen LogP contribution in [0.2, 0.25) is 0 Å². The highest BCUT2D eigenvalue weighted by atomic mass is 16.5. The number of allylic oxidation sites excluding steroid dienone is 2. The molecule has 0 spiro atoms. The first kappa shape index (κ1) is 24.6. The van der Waals surface area contributed by atoms with Crippen LogP contribution >= 0.6 is 0 Å². The lowest BCUT2D eigenvalue weighted by Crippen LogP contribution is -2.05. The smallest absolute Gasteiger partial charge is 0.119 e. The largest absolute Gasteiger partial charge is 0.494 e.